The molecule has 100 valence electrons. The fourth-order valence-corrected chi connectivity index (χ4v) is 3.44. The van der Waals surface area contributed by atoms with Crippen molar-refractivity contribution in [2.75, 3.05) is 13.7 Å². The van der Waals surface area contributed by atoms with Gasteiger partial charge in [-0.3, -0.25) is 0 Å². The zero-order chi connectivity index (χ0) is 13.0. The number of hydrogen-bond donors (Lipinski definition) is 1. The van der Waals surface area contributed by atoms with E-state index in [4.69, 9.17) is 10.5 Å². The molecule has 1 fully saturated rings. The molecule has 0 heterocycles. The van der Waals surface area contributed by atoms with E-state index in [1.165, 1.54) is 31.2 Å². The van der Waals surface area contributed by atoms with Crippen LogP contribution in [0.4, 0.5) is 0 Å². The maximum absolute atomic E-state index is 6.10. The monoisotopic (exact) mass is 247 g/mol. The molecule has 0 aromatic heterocycles. The van der Waals surface area contributed by atoms with Crippen molar-refractivity contribution in [2.24, 2.45) is 17.1 Å². The SMILES string of the molecule is COc1ccccc1CC1(CN)CCCC(C)C1. The van der Waals surface area contributed by atoms with Gasteiger partial charge < -0.3 is 10.5 Å². The lowest BCUT2D eigenvalue weighted by Gasteiger charge is -2.39. The van der Waals surface area contributed by atoms with Gasteiger partial charge >= 0.3 is 0 Å². The molecule has 2 unspecified atom stereocenters. The summed E-state index contributed by atoms with van der Waals surface area (Å²) in [5, 5.41) is 0. The van der Waals surface area contributed by atoms with Crippen LogP contribution in [0.2, 0.25) is 0 Å². The third kappa shape index (κ3) is 2.86. The van der Waals surface area contributed by atoms with Crippen LogP contribution in [0.15, 0.2) is 24.3 Å². The van der Waals surface area contributed by atoms with Crippen molar-refractivity contribution >= 4 is 0 Å². The highest BCUT2D eigenvalue weighted by Gasteiger charge is 2.34. The minimum atomic E-state index is 0.284. The standard InChI is InChI=1S/C16H25NO/c1-13-6-5-9-16(10-13,12-17)11-14-7-3-4-8-15(14)18-2/h3-4,7-8,13H,5-6,9-12,17H2,1-2H3. The summed E-state index contributed by atoms with van der Waals surface area (Å²) in [4.78, 5) is 0. The van der Waals surface area contributed by atoms with E-state index in [0.29, 0.717) is 0 Å². The van der Waals surface area contributed by atoms with Crippen molar-refractivity contribution < 1.29 is 4.74 Å². The first-order chi connectivity index (χ1) is 8.69. The third-order valence-corrected chi connectivity index (χ3v) is 4.38. The molecule has 1 aromatic rings. The van der Waals surface area contributed by atoms with Crippen LogP contribution < -0.4 is 10.5 Å². The third-order valence-electron chi connectivity index (χ3n) is 4.38. The van der Waals surface area contributed by atoms with Gasteiger partial charge in [-0.15, -0.1) is 0 Å². The summed E-state index contributed by atoms with van der Waals surface area (Å²) in [6, 6.07) is 8.34. The van der Waals surface area contributed by atoms with E-state index < -0.39 is 0 Å². The van der Waals surface area contributed by atoms with E-state index in [0.717, 1.165) is 24.6 Å². The average Bonchev–Trinajstić information content (AvgIpc) is 2.39. The van der Waals surface area contributed by atoms with Crippen molar-refractivity contribution in [3.8, 4) is 5.75 Å². The maximum Gasteiger partial charge on any atom is 0.122 e. The molecule has 2 N–H and O–H groups in total. The van der Waals surface area contributed by atoms with Crippen molar-refractivity contribution in [2.45, 2.75) is 39.0 Å². The molecule has 1 saturated carbocycles. The fourth-order valence-electron chi connectivity index (χ4n) is 3.44. The molecule has 2 nitrogen and oxygen atoms in total. The number of rotatable bonds is 4. The zero-order valence-electron chi connectivity index (χ0n) is 11.6. The van der Waals surface area contributed by atoms with Gasteiger partial charge in [0.15, 0.2) is 0 Å². The second-order valence-electron chi connectivity index (χ2n) is 5.89. The number of methoxy groups -OCH3 is 1. The summed E-state index contributed by atoms with van der Waals surface area (Å²) in [7, 11) is 1.75. The minimum absolute atomic E-state index is 0.284. The predicted octanol–water partition coefficient (Wildman–Crippen LogP) is 3.39. The Balaban J connectivity index is 2.19. The van der Waals surface area contributed by atoms with Crippen LogP contribution in [0.1, 0.15) is 38.2 Å². The Hall–Kier alpha value is -1.02. The molecule has 0 saturated heterocycles. The molecule has 0 aliphatic heterocycles. The molecular formula is C16H25NO. The highest BCUT2D eigenvalue weighted by Crippen LogP contribution is 2.42. The Kier molecular flexibility index (Phi) is 4.28. The number of para-hydroxylation sites is 1. The molecule has 1 aromatic carbocycles. The maximum atomic E-state index is 6.10. The molecule has 1 aliphatic rings. The predicted molar refractivity (Wildman–Crippen MR) is 75.8 cm³/mol. The largest absolute Gasteiger partial charge is 0.496 e. The second kappa shape index (κ2) is 5.75. The lowest BCUT2D eigenvalue weighted by atomic mass is 9.67. The van der Waals surface area contributed by atoms with Crippen LogP contribution in [0.25, 0.3) is 0 Å². The average molecular weight is 247 g/mol. The molecule has 18 heavy (non-hydrogen) atoms. The summed E-state index contributed by atoms with van der Waals surface area (Å²) in [6.45, 7) is 3.14. The van der Waals surface area contributed by atoms with E-state index >= 15 is 0 Å². The minimum Gasteiger partial charge on any atom is -0.496 e. The smallest absolute Gasteiger partial charge is 0.122 e. The van der Waals surface area contributed by atoms with E-state index in [-0.39, 0.29) is 5.41 Å². The van der Waals surface area contributed by atoms with Gasteiger partial charge in [-0.2, -0.15) is 0 Å². The summed E-state index contributed by atoms with van der Waals surface area (Å²) >= 11 is 0. The quantitative estimate of drug-likeness (QED) is 0.885. The molecule has 0 bridgehead atoms. The number of ether oxygens (including phenoxy) is 1. The zero-order valence-corrected chi connectivity index (χ0v) is 11.6. The first-order valence-corrected chi connectivity index (χ1v) is 7.01. The van der Waals surface area contributed by atoms with Crippen molar-refractivity contribution in [1.82, 2.24) is 0 Å². The first kappa shape index (κ1) is 13.4. The lowest BCUT2D eigenvalue weighted by molar-refractivity contribution is 0.152. The Labute approximate surface area is 111 Å². The van der Waals surface area contributed by atoms with Crippen LogP contribution in [-0.4, -0.2) is 13.7 Å². The Bertz CT molecular complexity index is 390. The van der Waals surface area contributed by atoms with Crippen molar-refractivity contribution in [1.29, 1.82) is 0 Å². The fraction of sp³-hybridized carbons (Fsp3) is 0.625. The summed E-state index contributed by atoms with van der Waals surface area (Å²) in [5.41, 5.74) is 7.69. The molecule has 0 radical (unpaired) electrons. The first-order valence-electron chi connectivity index (χ1n) is 7.01. The molecule has 0 spiro atoms. The van der Waals surface area contributed by atoms with Crippen LogP contribution >= 0.6 is 0 Å². The molecule has 0 amide bonds. The van der Waals surface area contributed by atoms with E-state index in [1.54, 1.807) is 7.11 Å². The van der Waals surface area contributed by atoms with E-state index in [1.807, 2.05) is 12.1 Å². The molecule has 1 aliphatic carbocycles. The summed E-state index contributed by atoms with van der Waals surface area (Å²) in [6.07, 6.45) is 6.23. The van der Waals surface area contributed by atoms with Gasteiger partial charge in [-0.1, -0.05) is 38.0 Å². The highest BCUT2D eigenvalue weighted by molar-refractivity contribution is 5.34. The normalized spacial score (nSPS) is 28.1. The van der Waals surface area contributed by atoms with Gasteiger partial charge in [0.25, 0.3) is 0 Å². The van der Waals surface area contributed by atoms with Crippen LogP contribution in [0.5, 0.6) is 5.75 Å². The van der Waals surface area contributed by atoms with Gasteiger partial charge in [0.2, 0.25) is 0 Å². The number of benzene rings is 1. The Morgan fingerprint density at radius 1 is 1.39 bits per heavy atom. The van der Waals surface area contributed by atoms with Crippen LogP contribution in [-0.2, 0) is 6.42 Å². The second-order valence-corrected chi connectivity index (χ2v) is 5.89. The number of hydrogen-bond acceptors (Lipinski definition) is 2. The molecular weight excluding hydrogens is 222 g/mol. The van der Waals surface area contributed by atoms with E-state index in [9.17, 15) is 0 Å². The highest BCUT2D eigenvalue weighted by atomic mass is 16.5. The Morgan fingerprint density at radius 2 is 2.17 bits per heavy atom. The van der Waals surface area contributed by atoms with Crippen molar-refractivity contribution in [3.05, 3.63) is 29.8 Å². The summed E-state index contributed by atoms with van der Waals surface area (Å²) in [5.74, 6) is 1.81. The van der Waals surface area contributed by atoms with Crippen molar-refractivity contribution in [3.63, 3.8) is 0 Å². The molecule has 2 atom stereocenters. The van der Waals surface area contributed by atoms with Gasteiger partial charge in [0, 0.05) is 0 Å². The van der Waals surface area contributed by atoms with Crippen LogP contribution in [0.3, 0.4) is 0 Å². The topological polar surface area (TPSA) is 35.2 Å². The van der Waals surface area contributed by atoms with Gasteiger partial charge in [-0.25, -0.2) is 0 Å². The Morgan fingerprint density at radius 3 is 2.83 bits per heavy atom. The van der Waals surface area contributed by atoms with Gasteiger partial charge in [0.1, 0.15) is 5.75 Å². The molecule has 2 rings (SSSR count). The van der Waals surface area contributed by atoms with Gasteiger partial charge in [-0.05, 0) is 48.8 Å². The number of nitrogens with two attached hydrogens (primary N) is 1. The van der Waals surface area contributed by atoms with Gasteiger partial charge in [0.05, 0.1) is 7.11 Å². The van der Waals surface area contributed by atoms with Crippen LogP contribution in [0, 0.1) is 11.3 Å². The van der Waals surface area contributed by atoms with E-state index in [2.05, 4.69) is 19.1 Å². The lowest BCUT2D eigenvalue weighted by Crippen LogP contribution is -2.37. The summed E-state index contributed by atoms with van der Waals surface area (Å²) < 4.78 is 5.46. The molecule has 2 heteroatoms.